The molecular formula is C24H33IN4O2. The highest BCUT2D eigenvalue weighted by Gasteiger charge is 2.23. The molecule has 1 heterocycles. The van der Waals surface area contributed by atoms with E-state index >= 15 is 0 Å². The molecule has 0 aromatic heterocycles. The zero-order valence-corrected chi connectivity index (χ0v) is 20.9. The topological polar surface area (TPSA) is 74.8 Å². The summed E-state index contributed by atoms with van der Waals surface area (Å²) in [7, 11) is 1.77. The van der Waals surface area contributed by atoms with Gasteiger partial charge in [-0.1, -0.05) is 41.5 Å². The fraction of sp³-hybridized carbons (Fsp3) is 0.417. The Morgan fingerprint density at radius 2 is 1.87 bits per heavy atom. The summed E-state index contributed by atoms with van der Waals surface area (Å²) in [4.78, 5) is 16.5. The summed E-state index contributed by atoms with van der Waals surface area (Å²) in [5.41, 5.74) is 5.76. The number of nitrogens with zero attached hydrogens (tertiary/aromatic N) is 1. The molecule has 31 heavy (non-hydrogen) atoms. The number of carbonyl (C=O) groups excluding carboxylic acids is 1. The van der Waals surface area contributed by atoms with Gasteiger partial charge in [-0.2, -0.15) is 0 Å². The summed E-state index contributed by atoms with van der Waals surface area (Å²) < 4.78 is 5.44. The maximum atomic E-state index is 12.2. The maximum Gasteiger partial charge on any atom is 0.253 e. The van der Waals surface area contributed by atoms with Crippen LogP contribution in [0, 0.1) is 13.8 Å². The van der Waals surface area contributed by atoms with Crippen LogP contribution in [0.15, 0.2) is 47.5 Å². The van der Waals surface area contributed by atoms with Gasteiger partial charge in [0.25, 0.3) is 5.91 Å². The first kappa shape index (κ1) is 25.1. The van der Waals surface area contributed by atoms with E-state index < -0.39 is 0 Å². The molecule has 3 rings (SSSR count). The Hall–Kier alpha value is -2.13. The van der Waals surface area contributed by atoms with Crippen molar-refractivity contribution in [2.75, 3.05) is 25.5 Å². The third-order valence-electron chi connectivity index (χ3n) is 5.09. The molecule has 1 amide bonds. The number of amides is 1. The monoisotopic (exact) mass is 536 g/mol. The molecule has 1 saturated heterocycles. The van der Waals surface area contributed by atoms with Crippen molar-refractivity contribution in [2.24, 2.45) is 4.99 Å². The van der Waals surface area contributed by atoms with E-state index in [4.69, 9.17) is 4.74 Å². The van der Waals surface area contributed by atoms with Crippen molar-refractivity contribution in [1.29, 1.82) is 0 Å². The van der Waals surface area contributed by atoms with Gasteiger partial charge < -0.3 is 20.7 Å². The van der Waals surface area contributed by atoms with E-state index in [2.05, 4.69) is 53.0 Å². The maximum absolute atomic E-state index is 12.2. The van der Waals surface area contributed by atoms with Gasteiger partial charge in [0.2, 0.25) is 0 Å². The zero-order chi connectivity index (χ0) is 21.3. The summed E-state index contributed by atoms with van der Waals surface area (Å²) in [5, 5.41) is 9.65. The lowest BCUT2D eigenvalue weighted by Gasteiger charge is -2.14. The lowest BCUT2D eigenvalue weighted by atomic mass is 10.1. The predicted molar refractivity (Wildman–Crippen MR) is 137 cm³/mol. The lowest BCUT2D eigenvalue weighted by Crippen LogP contribution is -2.37. The molecule has 3 N–H and O–H groups in total. The summed E-state index contributed by atoms with van der Waals surface area (Å²) in [6.45, 7) is 6.34. The number of hydrogen-bond donors (Lipinski definition) is 3. The van der Waals surface area contributed by atoms with Crippen molar-refractivity contribution >= 4 is 41.5 Å². The minimum absolute atomic E-state index is 0. The highest BCUT2D eigenvalue weighted by atomic mass is 127. The molecule has 0 spiro atoms. The van der Waals surface area contributed by atoms with Crippen LogP contribution in [0.3, 0.4) is 0 Å². The van der Waals surface area contributed by atoms with Crippen LogP contribution >= 0.6 is 24.0 Å². The lowest BCUT2D eigenvalue weighted by molar-refractivity contribution is -0.124. The fourth-order valence-corrected chi connectivity index (χ4v) is 3.71. The van der Waals surface area contributed by atoms with Gasteiger partial charge in [-0.25, -0.2) is 0 Å². The molecule has 168 valence electrons. The van der Waals surface area contributed by atoms with Crippen molar-refractivity contribution in [3.05, 3.63) is 64.7 Å². The molecule has 0 aliphatic carbocycles. The Morgan fingerprint density at radius 3 is 2.55 bits per heavy atom. The molecule has 0 radical (unpaired) electrons. The Balaban J connectivity index is 0.00000341. The number of benzene rings is 2. The first-order valence-electron chi connectivity index (χ1n) is 10.6. The number of nitrogens with one attached hydrogen (secondary N) is 3. The Labute approximate surface area is 202 Å². The van der Waals surface area contributed by atoms with Crippen LogP contribution in [-0.4, -0.2) is 38.2 Å². The first-order chi connectivity index (χ1) is 14.5. The molecule has 0 saturated carbocycles. The van der Waals surface area contributed by atoms with E-state index in [1.165, 1.54) is 16.7 Å². The average molecular weight is 536 g/mol. The highest BCUT2D eigenvalue weighted by Crippen LogP contribution is 2.16. The molecule has 1 aliphatic heterocycles. The van der Waals surface area contributed by atoms with E-state index in [1.54, 1.807) is 7.05 Å². The quantitative estimate of drug-likeness (QED) is 0.285. The molecule has 1 atom stereocenters. The number of ether oxygens (including phenoxy) is 1. The number of hydrogen-bond acceptors (Lipinski definition) is 3. The number of guanidine groups is 1. The standard InChI is InChI=1S/C24H32N4O2.HI/c1-17-12-18(2)14-19(13-17)9-10-26-24(25-3)27-16-20-6-4-7-21(15-20)28-23(29)22-8-5-11-30-22;/h4,6-7,12-15,22H,5,8-11,16H2,1-3H3,(H,28,29)(H2,25,26,27);1H. The van der Waals surface area contributed by atoms with Gasteiger partial charge >= 0.3 is 0 Å². The van der Waals surface area contributed by atoms with Crippen molar-refractivity contribution in [3.63, 3.8) is 0 Å². The summed E-state index contributed by atoms with van der Waals surface area (Å²) in [5.74, 6) is 0.689. The van der Waals surface area contributed by atoms with Gasteiger partial charge in [-0.15, -0.1) is 24.0 Å². The van der Waals surface area contributed by atoms with E-state index in [0.29, 0.717) is 13.2 Å². The first-order valence-corrected chi connectivity index (χ1v) is 10.6. The van der Waals surface area contributed by atoms with E-state index in [-0.39, 0.29) is 36.0 Å². The van der Waals surface area contributed by atoms with Gasteiger partial charge in [-0.3, -0.25) is 9.79 Å². The largest absolute Gasteiger partial charge is 0.368 e. The fourth-order valence-electron chi connectivity index (χ4n) is 3.71. The number of carbonyl (C=O) groups is 1. The zero-order valence-electron chi connectivity index (χ0n) is 18.5. The molecular weight excluding hydrogens is 503 g/mol. The molecule has 2 aromatic carbocycles. The Morgan fingerprint density at radius 1 is 1.10 bits per heavy atom. The number of aryl methyl sites for hydroxylation is 2. The van der Waals surface area contributed by atoms with Gasteiger partial charge in [0.15, 0.2) is 5.96 Å². The van der Waals surface area contributed by atoms with E-state index in [0.717, 1.165) is 43.0 Å². The second-order valence-corrected chi connectivity index (χ2v) is 7.79. The molecule has 2 aromatic rings. The van der Waals surface area contributed by atoms with Crippen LogP contribution in [0.25, 0.3) is 0 Å². The van der Waals surface area contributed by atoms with Crippen molar-refractivity contribution in [3.8, 4) is 0 Å². The van der Waals surface area contributed by atoms with Gasteiger partial charge in [0.05, 0.1) is 0 Å². The minimum Gasteiger partial charge on any atom is -0.368 e. The average Bonchev–Trinajstić information content (AvgIpc) is 3.25. The van der Waals surface area contributed by atoms with Crippen molar-refractivity contribution in [2.45, 2.75) is 45.8 Å². The number of rotatable bonds is 7. The van der Waals surface area contributed by atoms with Crippen LogP contribution in [0.4, 0.5) is 5.69 Å². The number of aliphatic imine (C=N–C) groups is 1. The summed E-state index contributed by atoms with van der Waals surface area (Å²) in [6, 6.07) is 14.5. The van der Waals surface area contributed by atoms with Gasteiger partial charge in [0, 0.05) is 32.4 Å². The predicted octanol–water partition coefficient (Wildman–Crippen LogP) is 3.95. The van der Waals surface area contributed by atoms with Crippen LogP contribution in [0.5, 0.6) is 0 Å². The second kappa shape index (κ2) is 12.7. The minimum atomic E-state index is -0.327. The third kappa shape index (κ3) is 8.14. The van der Waals surface area contributed by atoms with Crippen LogP contribution in [-0.2, 0) is 22.5 Å². The summed E-state index contributed by atoms with van der Waals surface area (Å²) >= 11 is 0. The van der Waals surface area contributed by atoms with Gasteiger partial charge in [0.1, 0.15) is 6.10 Å². The number of halogens is 1. The van der Waals surface area contributed by atoms with E-state index in [1.807, 2.05) is 24.3 Å². The summed E-state index contributed by atoms with van der Waals surface area (Å²) in [6.07, 6.45) is 2.34. The Kier molecular flexibility index (Phi) is 10.3. The van der Waals surface area contributed by atoms with E-state index in [9.17, 15) is 4.79 Å². The van der Waals surface area contributed by atoms with Crippen LogP contribution < -0.4 is 16.0 Å². The molecule has 6 nitrogen and oxygen atoms in total. The third-order valence-corrected chi connectivity index (χ3v) is 5.09. The second-order valence-electron chi connectivity index (χ2n) is 7.79. The number of anilines is 1. The van der Waals surface area contributed by atoms with Gasteiger partial charge in [-0.05, 0) is 56.4 Å². The van der Waals surface area contributed by atoms with Crippen molar-refractivity contribution < 1.29 is 9.53 Å². The Bertz CT molecular complexity index is 875. The SMILES string of the molecule is CN=C(NCCc1cc(C)cc(C)c1)NCc1cccc(NC(=O)C2CCCO2)c1.I. The smallest absolute Gasteiger partial charge is 0.253 e. The molecule has 0 bridgehead atoms. The normalized spacial score (nSPS) is 15.8. The molecule has 7 heteroatoms. The molecule has 1 aliphatic rings. The van der Waals surface area contributed by atoms with Crippen molar-refractivity contribution in [1.82, 2.24) is 10.6 Å². The van der Waals surface area contributed by atoms with Crippen LogP contribution in [0.1, 0.15) is 35.1 Å². The van der Waals surface area contributed by atoms with Crippen LogP contribution in [0.2, 0.25) is 0 Å². The molecule has 1 fully saturated rings. The molecule has 1 unspecified atom stereocenters. The highest BCUT2D eigenvalue weighted by molar-refractivity contribution is 14.0.